The fourth-order valence-corrected chi connectivity index (χ4v) is 1.63. The summed E-state index contributed by atoms with van der Waals surface area (Å²) in [5.41, 5.74) is 0. The van der Waals surface area contributed by atoms with Crippen LogP contribution in [0.5, 0.6) is 0 Å². The van der Waals surface area contributed by atoms with Crippen LogP contribution in [0.3, 0.4) is 0 Å². The number of imidazole rings is 1. The number of aromatic nitrogens is 2. The van der Waals surface area contributed by atoms with Crippen LogP contribution < -0.4 is 10.6 Å². The molecule has 4 nitrogen and oxygen atoms in total. The average Bonchev–Trinajstić information content (AvgIpc) is 2.87. The molecule has 1 aliphatic rings. The van der Waals surface area contributed by atoms with Crippen LogP contribution in [0.15, 0.2) is 12.4 Å². The van der Waals surface area contributed by atoms with Gasteiger partial charge in [0.25, 0.3) is 0 Å². The van der Waals surface area contributed by atoms with Gasteiger partial charge in [-0.25, -0.2) is 4.98 Å². The molecule has 0 bridgehead atoms. The number of nitrogens with one attached hydrogen (secondary N) is 3. The maximum atomic E-state index is 5.14. The maximum Gasteiger partial charge on any atom is 0.166 e. The molecule has 1 heterocycles. The Hall–Kier alpha value is -1.10. The average molecular weight is 224 g/mol. The van der Waals surface area contributed by atoms with Gasteiger partial charge >= 0.3 is 0 Å². The smallest absolute Gasteiger partial charge is 0.166 e. The van der Waals surface area contributed by atoms with Crippen molar-refractivity contribution in [3.05, 3.63) is 18.2 Å². The second kappa shape index (κ2) is 5.11. The van der Waals surface area contributed by atoms with Crippen molar-refractivity contribution >= 4 is 17.3 Å². The van der Waals surface area contributed by atoms with E-state index in [0.29, 0.717) is 6.04 Å². The van der Waals surface area contributed by atoms with Crippen molar-refractivity contribution in [1.82, 2.24) is 20.6 Å². The summed E-state index contributed by atoms with van der Waals surface area (Å²) in [6.07, 6.45) is 8.15. The van der Waals surface area contributed by atoms with Crippen molar-refractivity contribution in [3.8, 4) is 0 Å². The number of aryl methyl sites for hydroxylation is 1. The summed E-state index contributed by atoms with van der Waals surface area (Å²) in [5.74, 6) is 1.04. The molecule has 2 rings (SSSR count). The molecule has 3 N–H and O–H groups in total. The third-order valence-electron chi connectivity index (χ3n) is 2.34. The van der Waals surface area contributed by atoms with E-state index >= 15 is 0 Å². The predicted molar refractivity (Wildman–Crippen MR) is 63.7 cm³/mol. The van der Waals surface area contributed by atoms with Crippen LogP contribution in [-0.2, 0) is 6.42 Å². The molecule has 1 aromatic heterocycles. The predicted octanol–water partition coefficient (Wildman–Crippen LogP) is 0.969. The minimum atomic E-state index is 0.634. The van der Waals surface area contributed by atoms with Gasteiger partial charge in [0, 0.05) is 31.4 Å². The van der Waals surface area contributed by atoms with Crippen LogP contribution in [0.4, 0.5) is 0 Å². The molecule has 0 atom stereocenters. The fraction of sp³-hybridized carbons (Fsp3) is 0.600. The first kappa shape index (κ1) is 10.4. The lowest BCUT2D eigenvalue weighted by Gasteiger charge is -2.08. The van der Waals surface area contributed by atoms with Crippen LogP contribution in [0.2, 0.25) is 0 Å². The number of aromatic amines is 1. The summed E-state index contributed by atoms with van der Waals surface area (Å²) in [7, 11) is 0. The zero-order valence-corrected chi connectivity index (χ0v) is 9.44. The van der Waals surface area contributed by atoms with E-state index in [9.17, 15) is 0 Å². The molecule has 0 aromatic carbocycles. The van der Waals surface area contributed by atoms with Crippen molar-refractivity contribution in [3.63, 3.8) is 0 Å². The van der Waals surface area contributed by atoms with Crippen LogP contribution in [0, 0.1) is 0 Å². The summed E-state index contributed by atoms with van der Waals surface area (Å²) >= 11 is 5.14. The molecule has 1 aliphatic carbocycles. The van der Waals surface area contributed by atoms with Crippen LogP contribution in [-0.4, -0.2) is 27.7 Å². The molecule has 0 spiro atoms. The number of H-pyrrole nitrogens is 1. The molecule has 5 heteroatoms. The molecule has 1 saturated carbocycles. The number of hydrogen-bond donors (Lipinski definition) is 3. The Morgan fingerprint density at radius 1 is 1.60 bits per heavy atom. The Bertz CT molecular complexity index is 305. The lowest BCUT2D eigenvalue weighted by Crippen LogP contribution is -2.37. The SMILES string of the molecule is S=C(NCCCc1ncc[nH]1)NC1CC1. The highest BCUT2D eigenvalue weighted by atomic mass is 32.1. The Morgan fingerprint density at radius 2 is 2.47 bits per heavy atom. The third-order valence-corrected chi connectivity index (χ3v) is 2.61. The summed E-state index contributed by atoms with van der Waals surface area (Å²) in [5, 5.41) is 7.23. The molecular formula is C10H16N4S. The highest BCUT2D eigenvalue weighted by Crippen LogP contribution is 2.18. The number of nitrogens with zero attached hydrogens (tertiary/aromatic N) is 1. The second-order valence-electron chi connectivity index (χ2n) is 3.81. The van der Waals surface area contributed by atoms with E-state index in [-0.39, 0.29) is 0 Å². The van der Waals surface area contributed by atoms with E-state index in [4.69, 9.17) is 12.2 Å². The summed E-state index contributed by atoms with van der Waals surface area (Å²) in [6, 6.07) is 0.634. The molecular weight excluding hydrogens is 208 g/mol. The van der Waals surface area contributed by atoms with Gasteiger partial charge in [0.15, 0.2) is 5.11 Å². The molecule has 0 aliphatic heterocycles. The highest BCUT2D eigenvalue weighted by molar-refractivity contribution is 7.80. The van der Waals surface area contributed by atoms with E-state index in [1.165, 1.54) is 12.8 Å². The van der Waals surface area contributed by atoms with Crippen molar-refractivity contribution < 1.29 is 0 Å². The minimum absolute atomic E-state index is 0.634. The number of rotatable bonds is 5. The zero-order chi connectivity index (χ0) is 10.5. The van der Waals surface area contributed by atoms with Crippen molar-refractivity contribution in [1.29, 1.82) is 0 Å². The zero-order valence-electron chi connectivity index (χ0n) is 8.62. The van der Waals surface area contributed by atoms with Gasteiger partial charge in [-0.1, -0.05) is 0 Å². The van der Waals surface area contributed by atoms with Gasteiger partial charge in [-0.2, -0.15) is 0 Å². The summed E-state index contributed by atoms with van der Waals surface area (Å²) < 4.78 is 0. The lowest BCUT2D eigenvalue weighted by atomic mass is 10.3. The van der Waals surface area contributed by atoms with E-state index in [1.54, 1.807) is 6.20 Å². The van der Waals surface area contributed by atoms with Gasteiger partial charge in [0.05, 0.1) is 0 Å². The normalized spacial score (nSPS) is 14.9. The first-order valence-corrected chi connectivity index (χ1v) is 5.78. The maximum absolute atomic E-state index is 5.14. The summed E-state index contributed by atoms with van der Waals surface area (Å²) in [4.78, 5) is 7.24. The van der Waals surface area contributed by atoms with Crippen LogP contribution in [0.1, 0.15) is 25.1 Å². The van der Waals surface area contributed by atoms with Crippen molar-refractivity contribution in [2.24, 2.45) is 0 Å². The van der Waals surface area contributed by atoms with Gasteiger partial charge in [0.1, 0.15) is 5.82 Å². The van der Waals surface area contributed by atoms with E-state index < -0.39 is 0 Å². The second-order valence-corrected chi connectivity index (χ2v) is 4.22. The summed E-state index contributed by atoms with van der Waals surface area (Å²) in [6.45, 7) is 0.902. The molecule has 0 radical (unpaired) electrons. The molecule has 1 fully saturated rings. The molecule has 15 heavy (non-hydrogen) atoms. The Balaban J connectivity index is 1.52. The first-order valence-electron chi connectivity index (χ1n) is 5.37. The lowest BCUT2D eigenvalue weighted by molar-refractivity contribution is 0.733. The highest BCUT2D eigenvalue weighted by Gasteiger charge is 2.21. The monoisotopic (exact) mass is 224 g/mol. The number of hydrogen-bond acceptors (Lipinski definition) is 2. The van der Waals surface area contributed by atoms with Crippen molar-refractivity contribution in [2.75, 3.05) is 6.54 Å². The molecule has 82 valence electrons. The Labute approximate surface area is 94.9 Å². The van der Waals surface area contributed by atoms with Gasteiger partial charge in [0.2, 0.25) is 0 Å². The van der Waals surface area contributed by atoms with Crippen molar-refractivity contribution in [2.45, 2.75) is 31.7 Å². The molecule has 0 unspecified atom stereocenters. The topological polar surface area (TPSA) is 52.7 Å². The fourth-order valence-electron chi connectivity index (χ4n) is 1.36. The van der Waals surface area contributed by atoms with E-state index in [2.05, 4.69) is 20.6 Å². The van der Waals surface area contributed by atoms with E-state index in [1.807, 2.05) is 6.20 Å². The Morgan fingerprint density at radius 3 is 3.13 bits per heavy atom. The van der Waals surface area contributed by atoms with Gasteiger partial charge in [-0.3, -0.25) is 0 Å². The standard InChI is InChI=1S/C10H16N4S/c15-10(14-8-3-4-8)13-5-1-2-9-11-6-7-12-9/h6-8H,1-5H2,(H,11,12)(H2,13,14,15). The quantitative estimate of drug-likeness (QED) is 0.515. The molecule has 0 saturated heterocycles. The Kier molecular flexibility index (Phi) is 3.55. The largest absolute Gasteiger partial charge is 0.363 e. The van der Waals surface area contributed by atoms with Gasteiger partial charge < -0.3 is 15.6 Å². The number of thiocarbonyl (C=S) groups is 1. The van der Waals surface area contributed by atoms with Gasteiger partial charge in [-0.05, 0) is 31.5 Å². The third kappa shape index (κ3) is 3.87. The van der Waals surface area contributed by atoms with Gasteiger partial charge in [-0.15, -0.1) is 0 Å². The van der Waals surface area contributed by atoms with Crippen LogP contribution in [0.25, 0.3) is 0 Å². The van der Waals surface area contributed by atoms with E-state index in [0.717, 1.165) is 30.3 Å². The minimum Gasteiger partial charge on any atom is -0.363 e. The first-order chi connectivity index (χ1) is 7.34. The molecule has 1 aromatic rings. The molecule has 0 amide bonds. The van der Waals surface area contributed by atoms with Crippen LogP contribution >= 0.6 is 12.2 Å².